The van der Waals surface area contributed by atoms with Crippen molar-refractivity contribution in [3.8, 4) is 11.5 Å². The molecule has 292 valence electrons. The van der Waals surface area contributed by atoms with Crippen LogP contribution in [0.4, 0.5) is 9.59 Å². The highest BCUT2D eigenvalue weighted by Crippen LogP contribution is 2.30. The minimum atomic E-state index is -0.523. The Labute approximate surface area is 320 Å². The van der Waals surface area contributed by atoms with Crippen molar-refractivity contribution in [3.05, 3.63) is 83.9 Å². The molecule has 10 heteroatoms. The Morgan fingerprint density at radius 3 is 1.28 bits per heavy atom. The monoisotopic (exact) mass is 742 g/mol. The van der Waals surface area contributed by atoms with E-state index < -0.39 is 11.2 Å². The third-order valence-corrected chi connectivity index (χ3v) is 9.56. The summed E-state index contributed by atoms with van der Waals surface area (Å²) in [5, 5.41) is 4.53. The third-order valence-electron chi connectivity index (χ3n) is 9.56. The second kappa shape index (κ2) is 17.3. The van der Waals surface area contributed by atoms with Gasteiger partial charge in [0.1, 0.15) is 35.2 Å². The summed E-state index contributed by atoms with van der Waals surface area (Å²) in [6.45, 7) is 16.5. The summed E-state index contributed by atoms with van der Waals surface area (Å²) >= 11 is 0. The van der Waals surface area contributed by atoms with E-state index in [1.807, 2.05) is 77.9 Å². The molecule has 0 saturated carbocycles. The van der Waals surface area contributed by atoms with Gasteiger partial charge in [0.2, 0.25) is 0 Å². The molecule has 2 fully saturated rings. The first kappa shape index (κ1) is 40.6. The highest BCUT2D eigenvalue weighted by atomic mass is 16.6. The van der Waals surface area contributed by atoms with Crippen molar-refractivity contribution in [1.82, 2.24) is 9.80 Å². The molecule has 0 unspecified atom stereocenters. The Kier molecular flexibility index (Phi) is 13.0. The van der Waals surface area contributed by atoms with E-state index in [4.69, 9.17) is 28.4 Å². The lowest BCUT2D eigenvalue weighted by molar-refractivity contribution is -0.0138. The number of nitrogens with zero attached hydrogens (tertiary/aromatic N) is 2. The summed E-state index contributed by atoms with van der Waals surface area (Å²) in [4.78, 5) is 29.0. The van der Waals surface area contributed by atoms with E-state index in [9.17, 15) is 9.59 Å². The predicted octanol–water partition coefficient (Wildman–Crippen LogP) is 9.53. The first-order chi connectivity index (χ1) is 25.6. The molecule has 0 bridgehead atoms. The van der Waals surface area contributed by atoms with Crippen LogP contribution in [0.15, 0.2) is 72.8 Å². The van der Waals surface area contributed by atoms with Gasteiger partial charge in [-0.15, -0.1) is 0 Å². The van der Waals surface area contributed by atoms with Crippen molar-refractivity contribution < 1.29 is 38.0 Å². The van der Waals surface area contributed by atoms with Gasteiger partial charge in [0.15, 0.2) is 0 Å². The number of methoxy groups -OCH3 is 2. The molecule has 6 rings (SSSR count). The van der Waals surface area contributed by atoms with E-state index in [-0.39, 0.29) is 36.7 Å². The van der Waals surface area contributed by atoms with Gasteiger partial charge in [-0.05, 0) is 111 Å². The standard InChI is InChI=1S/2C22H29NO4/c2*1-6-18-14-26-20(23(18)21(24)27-22(2,3)4)12-15-7-8-17-13-19(25-5)10-9-16(17)11-15/h2*7-11,13,18,20H,6,12,14H2,1-5H3/t2*18-,20-/m11/s1. The maximum atomic E-state index is 12.7. The van der Waals surface area contributed by atoms with Gasteiger partial charge in [0.05, 0.1) is 39.5 Å². The molecular formula is C44H58N2O8. The van der Waals surface area contributed by atoms with Crippen LogP contribution in [0.25, 0.3) is 21.5 Å². The lowest BCUT2D eigenvalue weighted by atomic mass is 10.0. The maximum Gasteiger partial charge on any atom is 0.412 e. The molecule has 0 aromatic heterocycles. The van der Waals surface area contributed by atoms with Gasteiger partial charge >= 0.3 is 12.2 Å². The molecule has 0 aliphatic carbocycles. The molecule has 0 spiro atoms. The fourth-order valence-electron chi connectivity index (χ4n) is 6.80. The molecule has 2 heterocycles. The van der Waals surface area contributed by atoms with Crippen LogP contribution in [-0.4, -0.2) is 85.2 Å². The minimum absolute atomic E-state index is 0.0505. The van der Waals surface area contributed by atoms with Crippen molar-refractivity contribution in [2.45, 2.75) is 117 Å². The molecule has 54 heavy (non-hydrogen) atoms. The van der Waals surface area contributed by atoms with Gasteiger partial charge in [-0.1, -0.05) is 62.4 Å². The quantitative estimate of drug-likeness (QED) is 0.176. The van der Waals surface area contributed by atoms with Gasteiger partial charge in [-0.2, -0.15) is 0 Å². The van der Waals surface area contributed by atoms with Crippen molar-refractivity contribution in [2.24, 2.45) is 0 Å². The van der Waals surface area contributed by atoms with Crippen molar-refractivity contribution in [1.29, 1.82) is 0 Å². The van der Waals surface area contributed by atoms with Crippen LogP contribution in [-0.2, 0) is 31.8 Å². The minimum Gasteiger partial charge on any atom is -0.497 e. The van der Waals surface area contributed by atoms with Crippen LogP contribution in [0.3, 0.4) is 0 Å². The molecule has 4 atom stereocenters. The number of amides is 2. The largest absolute Gasteiger partial charge is 0.497 e. The molecule has 2 aliphatic rings. The first-order valence-corrected chi connectivity index (χ1v) is 19.0. The fourth-order valence-corrected chi connectivity index (χ4v) is 6.80. The lowest BCUT2D eigenvalue weighted by Gasteiger charge is -2.30. The predicted molar refractivity (Wildman–Crippen MR) is 212 cm³/mol. The molecule has 10 nitrogen and oxygen atoms in total. The Bertz CT molecular complexity index is 1760. The van der Waals surface area contributed by atoms with Gasteiger partial charge < -0.3 is 28.4 Å². The molecule has 2 amide bonds. The van der Waals surface area contributed by atoms with Crippen LogP contribution in [0.2, 0.25) is 0 Å². The molecule has 0 N–H and O–H groups in total. The van der Waals surface area contributed by atoms with E-state index in [0.717, 1.165) is 57.0 Å². The summed E-state index contributed by atoms with van der Waals surface area (Å²) in [6, 6.07) is 24.8. The zero-order chi connectivity index (χ0) is 39.2. The molecular weight excluding hydrogens is 684 g/mol. The normalized spacial score (nSPS) is 20.1. The summed E-state index contributed by atoms with van der Waals surface area (Å²) in [6.07, 6.45) is 1.74. The second-order valence-corrected chi connectivity index (χ2v) is 16.0. The van der Waals surface area contributed by atoms with Gasteiger partial charge in [0.25, 0.3) is 0 Å². The van der Waals surface area contributed by atoms with E-state index in [2.05, 4.69) is 50.2 Å². The van der Waals surface area contributed by atoms with E-state index >= 15 is 0 Å². The molecule has 4 aromatic carbocycles. The van der Waals surface area contributed by atoms with Crippen molar-refractivity contribution >= 4 is 33.7 Å². The van der Waals surface area contributed by atoms with Crippen LogP contribution >= 0.6 is 0 Å². The molecule has 2 aliphatic heterocycles. The zero-order valence-electron chi connectivity index (χ0n) is 33.6. The molecule has 2 saturated heterocycles. The topological polar surface area (TPSA) is 96.0 Å². The maximum absolute atomic E-state index is 12.7. The van der Waals surface area contributed by atoms with Crippen molar-refractivity contribution in [2.75, 3.05) is 27.4 Å². The van der Waals surface area contributed by atoms with E-state index in [1.165, 1.54) is 0 Å². The molecule has 4 aromatic rings. The van der Waals surface area contributed by atoms with Gasteiger partial charge in [-0.25, -0.2) is 9.59 Å². The summed E-state index contributed by atoms with van der Waals surface area (Å²) < 4.78 is 33.7. The van der Waals surface area contributed by atoms with Gasteiger partial charge in [0, 0.05) is 12.8 Å². The number of hydrogen-bond donors (Lipinski definition) is 0. The number of benzene rings is 4. The SMILES string of the molecule is CC[C@@H]1CO[C@H](Cc2ccc3cc(OC)ccc3c2)N1C(=O)OC(C)(C)C.CC[C@@H]1CO[C@H](Cc2ccc3cc(OC)ccc3c2)N1C(=O)OC(C)(C)C. The Balaban J connectivity index is 0.000000208. The lowest BCUT2D eigenvalue weighted by Crippen LogP contribution is -2.45. The average molecular weight is 743 g/mol. The van der Waals surface area contributed by atoms with Crippen molar-refractivity contribution in [3.63, 3.8) is 0 Å². The Morgan fingerprint density at radius 2 is 0.944 bits per heavy atom. The number of ether oxygens (including phenoxy) is 6. The number of rotatable bonds is 8. The van der Waals surface area contributed by atoms with E-state index in [0.29, 0.717) is 26.1 Å². The second-order valence-electron chi connectivity index (χ2n) is 16.0. The summed E-state index contributed by atoms with van der Waals surface area (Å²) in [7, 11) is 3.34. The van der Waals surface area contributed by atoms with Crippen LogP contribution in [0.1, 0.15) is 79.4 Å². The van der Waals surface area contributed by atoms with Crippen LogP contribution in [0, 0.1) is 0 Å². The van der Waals surface area contributed by atoms with Crippen LogP contribution in [0.5, 0.6) is 11.5 Å². The summed E-state index contributed by atoms with van der Waals surface area (Å²) in [5.74, 6) is 1.69. The number of carbonyl (C=O) groups excluding carboxylic acids is 2. The first-order valence-electron chi connectivity index (χ1n) is 19.0. The number of carbonyl (C=O) groups is 2. The highest BCUT2D eigenvalue weighted by Gasteiger charge is 2.40. The van der Waals surface area contributed by atoms with Gasteiger partial charge in [-0.3, -0.25) is 9.80 Å². The Morgan fingerprint density at radius 1 is 0.593 bits per heavy atom. The third kappa shape index (κ3) is 10.4. The van der Waals surface area contributed by atoms with E-state index in [1.54, 1.807) is 24.0 Å². The average Bonchev–Trinajstić information content (AvgIpc) is 3.73. The fraction of sp³-hybridized carbons (Fsp3) is 0.500. The summed E-state index contributed by atoms with van der Waals surface area (Å²) in [5.41, 5.74) is 1.21. The number of fused-ring (bicyclic) bond motifs is 2. The smallest absolute Gasteiger partial charge is 0.412 e. The van der Waals surface area contributed by atoms with Crippen LogP contribution < -0.4 is 9.47 Å². The Hall–Kier alpha value is -4.54. The highest BCUT2D eigenvalue weighted by molar-refractivity contribution is 5.85. The molecule has 0 radical (unpaired) electrons. The zero-order valence-corrected chi connectivity index (χ0v) is 33.6. The number of hydrogen-bond acceptors (Lipinski definition) is 8.